The molecule has 1 rings (SSSR count). The zero-order valence-corrected chi connectivity index (χ0v) is 9.40. The predicted molar refractivity (Wildman–Crippen MR) is 55.7 cm³/mol. The van der Waals surface area contributed by atoms with Crippen LogP contribution in [0.5, 0.6) is 11.5 Å². The zero-order valence-electron chi connectivity index (χ0n) is 9.40. The van der Waals surface area contributed by atoms with E-state index in [-0.39, 0.29) is 5.75 Å². The number of halogens is 3. The fourth-order valence-electron chi connectivity index (χ4n) is 1.18. The number of methoxy groups -OCH3 is 1. The van der Waals surface area contributed by atoms with Crippen LogP contribution in [0.15, 0.2) is 24.3 Å². The Bertz CT molecular complexity index is 417. The lowest BCUT2D eigenvalue weighted by atomic mass is 10.1. The van der Waals surface area contributed by atoms with Crippen molar-refractivity contribution in [1.29, 1.82) is 0 Å². The summed E-state index contributed by atoms with van der Waals surface area (Å²) in [5, 5.41) is 8.46. The van der Waals surface area contributed by atoms with Gasteiger partial charge in [0.25, 0.3) is 0 Å². The molecular weight excluding hydrogens is 253 g/mol. The van der Waals surface area contributed by atoms with Gasteiger partial charge in [0, 0.05) is 6.07 Å². The number of benzene rings is 1. The lowest BCUT2D eigenvalue weighted by molar-refractivity contribution is -0.198. The van der Waals surface area contributed by atoms with Crippen molar-refractivity contribution in [3.8, 4) is 11.5 Å². The molecule has 1 N–H and O–H groups in total. The molecule has 0 radical (unpaired) electrons. The summed E-state index contributed by atoms with van der Waals surface area (Å²) in [6.07, 6.45) is -4.84. The smallest absolute Gasteiger partial charge is 0.405 e. The molecule has 0 aliphatic rings. The van der Waals surface area contributed by atoms with Crippen molar-refractivity contribution < 1.29 is 32.5 Å². The summed E-state index contributed by atoms with van der Waals surface area (Å²) < 4.78 is 46.7. The molecule has 7 heteroatoms. The highest BCUT2D eigenvalue weighted by Gasteiger charge is 2.45. The third-order valence-electron chi connectivity index (χ3n) is 2.15. The van der Waals surface area contributed by atoms with Gasteiger partial charge in [-0.3, -0.25) is 4.79 Å². The first kappa shape index (κ1) is 14.1. The standard InChI is InChI=1S/C11H11F3O4/c1-17-7-3-2-4-8(5-7)18-6-9(10(15)16)11(12,13)14/h2-5,9H,6H2,1H3,(H,15,16). The fraction of sp³-hybridized carbons (Fsp3) is 0.364. The van der Waals surface area contributed by atoms with Crippen molar-refractivity contribution in [2.24, 2.45) is 5.92 Å². The van der Waals surface area contributed by atoms with Gasteiger partial charge >= 0.3 is 12.1 Å². The van der Waals surface area contributed by atoms with Crippen LogP contribution in [0.3, 0.4) is 0 Å². The molecular formula is C11H11F3O4. The van der Waals surface area contributed by atoms with Crippen molar-refractivity contribution in [1.82, 2.24) is 0 Å². The molecule has 4 nitrogen and oxygen atoms in total. The maximum atomic E-state index is 12.3. The first-order valence-electron chi connectivity index (χ1n) is 4.91. The molecule has 0 saturated carbocycles. The topological polar surface area (TPSA) is 55.8 Å². The molecule has 1 atom stereocenters. The summed E-state index contributed by atoms with van der Waals surface area (Å²) in [5.74, 6) is -4.00. The SMILES string of the molecule is COc1cccc(OCC(C(=O)O)C(F)(F)F)c1. The molecule has 100 valence electrons. The zero-order chi connectivity index (χ0) is 13.8. The van der Waals surface area contributed by atoms with E-state index in [4.69, 9.17) is 14.6 Å². The van der Waals surface area contributed by atoms with E-state index in [1.165, 1.54) is 25.3 Å². The molecule has 0 saturated heterocycles. The number of rotatable bonds is 5. The van der Waals surface area contributed by atoms with E-state index in [2.05, 4.69) is 0 Å². The van der Waals surface area contributed by atoms with Crippen molar-refractivity contribution in [3.63, 3.8) is 0 Å². The van der Waals surface area contributed by atoms with E-state index in [0.717, 1.165) is 0 Å². The van der Waals surface area contributed by atoms with Gasteiger partial charge in [-0.05, 0) is 12.1 Å². The molecule has 0 aromatic heterocycles. The second-order valence-electron chi connectivity index (χ2n) is 3.42. The van der Waals surface area contributed by atoms with Crippen LogP contribution in [0.4, 0.5) is 13.2 Å². The molecule has 0 aliphatic carbocycles. The fourth-order valence-corrected chi connectivity index (χ4v) is 1.18. The molecule has 0 bridgehead atoms. The molecule has 0 fully saturated rings. The van der Waals surface area contributed by atoms with Crippen LogP contribution in [0.25, 0.3) is 0 Å². The van der Waals surface area contributed by atoms with Crippen molar-refractivity contribution in [2.45, 2.75) is 6.18 Å². The van der Waals surface area contributed by atoms with Gasteiger partial charge in [0.2, 0.25) is 0 Å². The Morgan fingerprint density at radius 2 is 2.00 bits per heavy atom. The maximum absolute atomic E-state index is 12.3. The number of hydrogen-bond acceptors (Lipinski definition) is 3. The van der Waals surface area contributed by atoms with Crippen molar-refractivity contribution in [3.05, 3.63) is 24.3 Å². The van der Waals surface area contributed by atoms with E-state index < -0.39 is 24.7 Å². The summed E-state index contributed by atoms with van der Waals surface area (Å²) in [7, 11) is 1.40. The number of aliphatic carboxylic acids is 1. The van der Waals surface area contributed by atoms with E-state index >= 15 is 0 Å². The van der Waals surface area contributed by atoms with Crippen LogP contribution < -0.4 is 9.47 Å². The van der Waals surface area contributed by atoms with Gasteiger partial charge in [0.1, 0.15) is 18.1 Å². The monoisotopic (exact) mass is 264 g/mol. The Kier molecular flexibility index (Phi) is 4.41. The largest absolute Gasteiger partial charge is 0.497 e. The Hall–Kier alpha value is -1.92. The quantitative estimate of drug-likeness (QED) is 0.886. The lowest BCUT2D eigenvalue weighted by Gasteiger charge is -2.16. The van der Waals surface area contributed by atoms with Crippen LogP contribution in [-0.4, -0.2) is 31.0 Å². The highest BCUT2D eigenvalue weighted by molar-refractivity contribution is 5.71. The number of carboxylic acids is 1. The third kappa shape index (κ3) is 3.83. The highest BCUT2D eigenvalue weighted by atomic mass is 19.4. The average molecular weight is 264 g/mol. The van der Waals surface area contributed by atoms with Gasteiger partial charge in [0.05, 0.1) is 7.11 Å². The van der Waals surface area contributed by atoms with Gasteiger partial charge in [-0.25, -0.2) is 0 Å². The van der Waals surface area contributed by atoms with E-state index in [1.54, 1.807) is 6.07 Å². The van der Waals surface area contributed by atoms with Crippen LogP contribution in [0, 0.1) is 5.92 Å². The van der Waals surface area contributed by atoms with Crippen LogP contribution >= 0.6 is 0 Å². The number of alkyl halides is 3. The molecule has 1 aromatic rings. The molecule has 0 amide bonds. The highest BCUT2D eigenvalue weighted by Crippen LogP contribution is 2.28. The van der Waals surface area contributed by atoms with Gasteiger partial charge in [-0.15, -0.1) is 0 Å². The molecule has 18 heavy (non-hydrogen) atoms. The number of ether oxygens (including phenoxy) is 2. The van der Waals surface area contributed by atoms with Gasteiger partial charge in [-0.1, -0.05) is 6.07 Å². The van der Waals surface area contributed by atoms with Crippen LogP contribution in [0.1, 0.15) is 0 Å². The van der Waals surface area contributed by atoms with E-state index in [0.29, 0.717) is 5.75 Å². The van der Waals surface area contributed by atoms with E-state index in [9.17, 15) is 18.0 Å². The normalized spacial score (nSPS) is 12.9. The Labute approximate surface area is 101 Å². The van der Waals surface area contributed by atoms with Gasteiger partial charge in [-0.2, -0.15) is 13.2 Å². The minimum atomic E-state index is -4.84. The summed E-state index contributed by atoms with van der Waals surface area (Å²) in [4.78, 5) is 10.5. The summed E-state index contributed by atoms with van der Waals surface area (Å²) in [5.41, 5.74) is 0. The van der Waals surface area contributed by atoms with Gasteiger partial charge in [0.15, 0.2) is 5.92 Å². The van der Waals surface area contributed by atoms with Crippen molar-refractivity contribution >= 4 is 5.97 Å². The number of carboxylic acid groups (broad SMARTS) is 1. The Balaban J connectivity index is 2.70. The summed E-state index contributed by atoms with van der Waals surface area (Å²) in [6, 6.07) is 5.90. The maximum Gasteiger partial charge on any atom is 0.405 e. The van der Waals surface area contributed by atoms with Gasteiger partial charge < -0.3 is 14.6 Å². The average Bonchev–Trinajstić information content (AvgIpc) is 2.27. The Morgan fingerprint density at radius 3 is 2.50 bits per heavy atom. The number of carbonyl (C=O) groups is 1. The number of hydrogen-bond donors (Lipinski definition) is 1. The molecule has 0 spiro atoms. The molecule has 0 aliphatic heterocycles. The lowest BCUT2D eigenvalue weighted by Crippen LogP contribution is -2.35. The van der Waals surface area contributed by atoms with Crippen molar-refractivity contribution in [2.75, 3.05) is 13.7 Å². The predicted octanol–water partition coefficient (Wildman–Crippen LogP) is 2.34. The minimum absolute atomic E-state index is 0.116. The molecule has 0 heterocycles. The second-order valence-corrected chi connectivity index (χ2v) is 3.42. The third-order valence-corrected chi connectivity index (χ3v) is 2.15. The first-order valence-corrected chi connectivity index (χ1v) is 4.91. The summed E-state index contributed by atoms with van der Waals surface area (Å²) in [6.45, 7) is -0.980. The molecule has 1 aromatic carbocycles. The minimum Gasteiger partial charge on any atom is -0.497 e. The van der Waals surface area contributed by atoms with Crippen LogP contribution in [0.2, 0.25) is 0 Å². The first-order chi connectivity index (χ1) is 8.34. The summed E-state index contributed by atoms with van der Waals surface area (Å²) >= 11 is 0. The van der Waals surface area contributed by atoms with E-state index in [1.807, 2.05) is 0 Å². The second kappa shape index (κ2) is 5.61. The Morgan fingerprint density at radius 1 is 1.39 bits per heavy atom. The van der Waals surface area contributed by atoms with Crippen LogP contribution in [-0.2, 0) is 4.79 Å². The molecule has 1 unspecified atom stereocenters.